The molecule has 1 aromatic heterocycles. The van der Waals surface area contributed by atoms with Crippen molar-refractivity contribution in [3.8, 4) is 5.69 Å². The molecule has 2 rings (SSSR count). The van der Waals surface area contributed by atoms with E-state index in [1.165, 1.54) is 12.1 Å². The molecule has 6 heteroatoms. The first-order chi connectivity index (χ1) is 10.4. The van der Waals surface area contributed by atoms with Crippen molar-refractivity contribution in [1.82, 2.24) is 14.7 Å². The summed E-state index contributed by atoms with van der Waals surface area (Å²) in [4.78, 5) is 2.09. The smallest absolute Gasteiger partial charge is 0.137 e. The SMILES string of the molecule is Cc1nn(-c2ccc(F)cc2)c(Cl)c1CN(C)CCC(C)O. The lowest BCUT2D eigenvalue weighted by Gasteiger charge is -2.17. The third kappa shape index (κ3) is 4.06. The Morgan fingerprint density at radius 2 is 2.00 bits per heavy atom. The summed E-state index contributed by atoms with van der Waals surface area (Å²) < 4.78 is 14.6. The van der Waals surface area contributed by atoms with Crippen LogP contribution in [0.4, 0.5) is 4.39 Å². The number of nitrogens with zero attached hydrogens (tertiary/aromatic N) is 3. The maximum absolute atomic E-state index is 13.0. The third-order valence-corrected chi connectivity index (χ3v) is 3.94. The number of benzene rings is 1. The Labute approximate surface area is 135 Å². The van der Waals surface area contributed by atoms with Crippen molar-refractivity contribution >= 4 is 11.6 Å². The van der Waals surface area contributed by atoms with Gasteiger partial charge in [-0.3, -0.25) is 0 Å². The van der Waals surface area contributed by atoms with E-state index in [2.05, 4.69) is 10.00 Å². The van der Waals surface area contributed by atoms with Gasteiger partial charge in [0.15, 0.2) is 0 Å². The molecule has 4 nitrogen and oxygen atoms in total. The van der Waals surface area contributed by atoms with E-state index in [0.717, 1.165) is 23.5 Å². The average Bonchev–Trinajstić information content (AvgIpc) is 2.74. The van der Waals surface area contributed by atoms with Crippen LogP contribution in [-0.2, 0) is 6.54 Å². The fourth-order valence-corrected chi connectivity index (χ4v) is 2.55. The van der Waals surface area contributed by atoms with Crippen LogP contribution in [0.1, 0.15) is 24.6 Å². The van der Waals surface area contributed by atoms with E-state index < -0.39 is 0 Å². The summed E-state index contributed by atoms with van der Waals surface area (Å²) in [5, 5.41) is 14.3. The van der Waals surface area contributed by atoms with Gasteiger partial charge in [-0.15, -0.1) is 0 Å². The molecule has 22 heavy (non-hydrogen) atoms. The monoisotopic (exact) mass is 325 g/mol. The maximum Gasteiger partial charge on any atom is 0.137 e. The van der Waals surface area contributed by atoms with Crippen LogP contribution in [0.3, 0.4) is 0 Å². The Kier molecular flexibility index (Phi) is 5.56. The number of aliphatic hydroxyl groups excluding tert-OH is 1. The van der Waals surface area contributed by atoms with Gasteiger partial charge in [0.2, 0.25) is 0 Å². The zero-order valence-electron chi connectivity index (χ0n) is 13.1. The van der Waals surface area contributed by atoms with E-state index in [4.69, 9.17) is 11.6 Å². The topological polar surface area (TPSA) is 41.3 Å². The van der Waals surface area contributed by atoms with Crippen molar-refractivity contribution in [3.05, 3.63) is 46.5 Å². The number of aryl methyl sites for hydroxylation is 1. The van der Waals surface area contributed by atoms with Crippen molar-refractivity contribution in [1.29, 1.82) is 0 Å². The van der Waals surface area contributed by atoms with Crippen molar-refractivity contribution < 1.29 is 9.50 Å². The summed E-state index contributed by atoms with van der Waals surface area (Å²) in [7, 11) is 1.98. The second kappa shape index (κ2) is 7.22. The van der Waals surface area contributed by atoms with Crippen molar-refractivity contribution in [2.24, 2.45) is 0 Å². The molecule has 0 aliphatic heterocycles. The number of halogens is 2. The van der Waals surface area contributed by atoms with Crippen molar-refractivity contribution in [2.45, 2.75) is 32.9 Å². The first-order valence-electron chi connectivity index (χ1n) is 7.25. The second-order valence-corrected chi connectivity index (χ2v) is 5.98. The number of hydrogen-bond donors (Lipinski definition) is 1. The predicted octanol–water partition coefficient (Wildman–Crippen LogP) is 3.18. The lowest BCUT2D eigenvalue weighted by atomic mass is 10.2. The van der Waals surface area contributed by atoms with Gasteiger partial charge in [0.1, 0.15) is 11.0 Å². The zero-order chi connectivity index (χ0) is 16.3. The normalized spacial score (nSPS) is 12.9. The molecule has 0 spiro atoms. The Bertz CT molecular complexity index is 625. The molecule has 0 bridgehead atoms. The van der Waals surface area contributed by atoms with Crippen LogP contribution < -0.4 is 0 Å². The number of rotatable bonds is 6. The molecule has 2 aromatic rings. The van der Waals surface area contributed by atoms with E-state index in [1.54, 1.807) is 23.7 Å². The fraction of sp³-hybridized carbons (Fsp3) is 0.438. The van der Waals surface area contributed by atoms with Crippen molar-refractivity contribution in [3.63, 3.8) is 0 Å². The average molecular weight is 326 g/mol. The highest BCUT2D eigenvalue weighted by Crippen LogP contribution is 2.24. The summed E-state index contributed by atoms with van der Waals surface area (Å²) in [5.41, 5.74) is 2.52. The third-order valence-electron chi connectivity index (χ3n) is 3.55. The first-order valence-corrected chi connectivity index (χ1v) is 7.63. The van der Waals surface area contributed by atoms with E-state index in [1.807, 2.05) is 14.0 Å². The fourth-order valence-electron chi connectivity index (χ4n) is 2.22. The van der Waals surface area contributed by atoms with Gasteiger partial charge in [0, 0.05) is 18.7 Å². The van der Waals surface area contributed by atoms with E-state index in [-0.39, 0.29) is 11.9 Å². The molecule has 0 radical (unpaired) electrons. The standard InChI is InChI=1S/C16H21ClFN3O/c1-11(22)8-9-20(3)10-15-12(2)19-21(16(15)17)14-6-4-13(18)5-7-14/h4-7,11,22H,8-10H2,1-3H3. The van der Waals surface area contributed by atoms with Crippen LogP contribution in [0.25, 0.3) is 5.69 Å². The highest BCUT2D eigenvalue weighted by molar-refractivity contribution is 6.30. The quantitative estimate of drug-likeness (QED) is 0.887. The van der Waals surface area contributed by atoms with Gasteiger partial charge in [-0.05, 0) is 51.6 Å². The van der Waals surface area contributed by atoms with Crippen LogP contribution in [0.15, 0.2) is 24.3 Å². The van der Waals surface area contributed by atoms with Crippen LogP contribution >= 0.6 is 11.6 Å². The van der Waals surface area contributed by atoms with Crippen LogP contribution in [-0.4, -0.2) is 39.5 Å². The van der Waals surface area contributed by atoms with Gasteiger partial charge in [-0.2, -0.15) is 5.10 Å². The summed E-state index contributed by atoms with van der Waals surface area (Å²) in [6.07, 6.45) is 0.389. The molecular weight excluding hydrogens is 305 g/mol. The second-order valence-electron chi connectivity index (χ2n) is 5.62. The van der Waals surface area contributed by atoms with Gasteiger partial charge >= 0.3 is 0 Å². The molecule has 1 N–H and O–H groups in total. The molecule has 1 heterocycles. The van der Waals surface area contributed by atoms with Gasteiger partial charge in [0.05, 0.1) is 17.5 Å². The maximum atomic E-state index is 13.0. The zero-order valence-corrected chi connectivity index (χ0v) is 13.8. The number of aliphatic hydroxyl groups is 1. The highest BCUT2D eigenvalue weighted by atomic mass is 35.5. The molecule has 1 aromatic carbocycles. The largest absolute Gasteiger partial charge is 0.393 e. The molecule has 0 amide bonds. The van der Waals surface area contributed by atoms with E-state index >= 15 is 0 Å². The lowest BCUT2D eigenvalue weighted by molar-refractivity contribution is 0.163. The van der Waals surface area contributed by atoms with Gasteiger partial charge in [0.25, 0.3) is 0 Å². The summed E-state index contributed by atoms with van der Waals surface area (Å²) in [5.74, 6) is -0.290. The first kappa shape index (κ1) is 16.9. The molecule has 0 saturated heterocycles. The predicted molar refractivity (Wildman–Crippen MR) is 85.9 cm³/mol. The van der Waals surface area contributed by atoms with Crippen LogP contribution in [0.5, 0.6) is 0 Å². The minimum Gasteiger partial charge on any atom is -0.393 e. The van der Waals surface area contributed by atoms with E-state index in [0.29, 0.717) is 18.1 Å². The Morgan fingerprint density at radius 1 is 1.36 bits per heavy atom. The number of aromatic nitrogens is 2. The van der Waals surface area contributed by atoms with Crippen molar-refractivity contribution in [2.75, 3.05) is 13.6 Å². The number of hydrogen-bond acceptors (Lipinski definition) is 3. The molecule has 1 unspecified atom stereocenters. The van der Waals surface area contributed by atoms with Gasteiger partial charge in [-0.1, -0.05) is 11.6 Å². The van der Waals surface area contributed by atoms with Crippen LogP contribution in [0, 0.1) is 12.7 Å². The minimum absolute atomic E-state index is 0.290. The Balaban J connectivity index is 2.18. The summed E-state index contributed by atoms with van der Waals surface area (Å²) in [6, 6.07) is 6.07. The molecule has 0 fully saturated rings. The Hall–Kier alpha value is -1.43. The molecule has 0 aliphatic carbocycles. The highest BCUT2D eigenvalue weighted by Gasteiger charge is 2.16. The van der Waals surface area contributed by atoms with Gasteiger partial charge in [-0.25, -0.2) is 9.07 Å². The van der Waals surface area contributed by atoms with Gasteiger partial charge < -0.3 is 10.0 Å². The Morgan fingerprint density at radius 3 is 2.59 bits per heavy atom. The van der Waals surface area contributed by atoms with E-state index in [9.17, 15) is 9.50 Å². The summed E-state index contributed by atoms with van der Waals surface area (Å²) >= 11 is 6.44. The molecule has 120 valence electrons. The summed E-state index contributed by atoms with van der Waals surface area (Å²) in [6.45, 7) is 5.11. The molecular formula is C16H21ClFN3O. The minimum atomic E-state index is -0.319. The van der Waals surface area contributed by atoms with Crippen LogP contribution in [0.2, 0.25) is 5.15 Å². The molecule has 0 saturated carbocycles. The lowest BCUT2D eigenvalue weighted by Crippen LogP contribution is -2.22. The molecule has 0 aliphatic rings. The molecule has 1 atom stereocenters.